The predicted octanol–water partition coefficient (Wildman–Crippen LogP) is 2.97. The van der Waals surface area contributed by atoms with Gasteiger partial charge in [0.25, 0.3) is 11.6 Å². The zero-order valence-corrected chi connectivity index (χ0v) is 15.7. The highest BCUT2D eigenvalue weighted by atomic mass is 16.6. The topological polar surface area (TPSA) is 125 Å². The maximum atomic E-state index is 12.4. The van der Waals surface area contributed by atoms with E-state index in [1.807, 2.05) is 13.8 Å². The van der Waals surface area contributed by atoms with Gasteiger partial charge in [-0.2, -0.15) is 0 Å². The van der Waals surface area contributed by atoms with E-state index in [-0.39, 0.29) is 24.2 Å². The second-order valence-electron chi connectivity index (χ2n) is 6.26. The third-order valence-corrected chi connectivity index (χ3v) is 3.67. The van der Waals surface area contributed by atoms with Crippen LogP contribution in [0.4, 0.5) is 21.9 Å². The summed E-state index contributed by atoms with van der Waals surface area (Å²) in [5, 5.41) is 22.0. The average molecular weight is 385 g/mol. The normalized spacial score (nSPS) is 10.2. The molecule has 0 aromatic heterocycles. The Hall–Kier alpha value is -3.62. The third-order valence-electron chi connectivity index (χ3n) is 3.67. The van der Waals surface area contributed by atoms with Gasteiger partial charge in [-0.05, 0) is 32.0 Å². The van der Waals surface area contributed by atoms with E-state index in [1.54, 1.807) is 42.5 Å². The Bertz CT molecular complexity index is 854. The smallest absolute Gasteiger partial charge is 0.319 e. The fourth-order valence-electron chi connectivity index (χ4n) is 2.46. The molecule has 0 aliphatic rings. The van der Waals surface area contributed by atoms with Gasteiger partial charge in [0, 0.05) is 25.2 Å². The zero-order chi connectivity index (χ0) is 20.5. The third kappa shape index (κ3) is 5.97. The van der Waals surface area contributed by atoms with E-state index < -0.39 is 11.0 Å². The number of nitrogens with one attached hydrogen (secondary N) is 4. The lowest BCUT2D eigenvalue weighted by Gasteiger charge is -2.14. The molecule has 0 saturated heterocycles. The highest BCUT2D eigenvalue weighted by Crippen LogP contribution is 2.22. The number of nitro groups is 1. The summed E-state index contributed by atoms with van der Waals surface area (Å²) in [5.74, 6) is -0.357. The standard InChI is InChI=1S/C19H23N5O4/c1-13(2)22-19(26)23-15-8-4-3-7-14(15)18(25)21-12-11-20-16-9-5-6-10-17(16)24(27)28/h3-10,13,20H,11-12H2,1-2H3,(H,21,25)(H2,22,23,26). The van der Waals surface area contributed by atoms with Gasteiger partial charge in [-0.1, -0.05) is 24.3 Å². The van der Waals surface area contributed by atoms with Crippen LogP contribution in [-0.2, 0) is 0 Å². The highest BCUT2D eigenvalue weighted by Gasteiger charge is 2.14. The quantitative estimate of drug-likeness (QED) is 0.316. The molecule has 0 heterocycles. The Balaban J connectivity index is 1.92. The van der Waals surface area contributed by atoms with E-state index in [0.29, 0.717) is 23.5 Å². The van der Waals surface area contributed by atoms with Crippen molar-refractivity contribution >= 4 is 29.0 Å². The van der Waals surface area contributed by atoms with Gasteiger partial charge in [-0.3, -0.25) is 14.9 Å². The van der Waals surface area contributed by atoms with Gasteiger partial charge in [-0.25, -0.2) is 4.79 Å². The Morgan fingerprint density at radius 2 is 1.64 bits per heavy atom. The molecule has 0 fully saturated rings. The van der Waals surface area contributed by atoms with Crippen LogP contribution in [0.3, 0.4) is 0 Å². The number of hydrogen-bond acceptors (Lipinski definition) is 5. The van der Waals surface area contributed by atoms with Crippen molar-refractivity contribution in [1.82, 2.24) is 10.6 Å². The Morgan fingerprint density at radius 3 is 2.32 bits per heavy atom. The number of carbonyl (C=O) groups excluding carboxylic acids is 2. The van der Waals surface area contributed by atoms with Crippen molar-refractivity contribution in [3.63, 3.8) is 0 Å². The Labute approximate surface area is 162 Å². The number of benzene rings is 2. The molecule has 2 aromatic carbocycles. The number of nitrogens with zero attached hydrogens (tertiary/aromatic N) is 1. The Kier molecular flexibility index (Phi) is 7.32. The summed E-state index contributed by atoms with van der Waals surface area (Å²) < 4.78 is 0. The summed E-state index contributed by atoms with van der Waals surface area (Å²) in [6, 6.07) is 12.5. The van der Waals surface area contributed by atoms with E-state index in [0.717, 1.165) is 0 Å². The van der Waals surface area contributed by atoms with Crippen LogP contribution in [0.1, 0.15) is 24.2 Å². The number of hydrogen-bond donors (Lipinski definition) is 4. The van der Waals surface area contributed by atoms with E-state index in [9.17, 15) is 19.7 Å². The summed E-state index contributed by atoms with van der Waals surface area (Å²) in [6.45, 7) is 4.22. The van der Waals surface area contributed by atoms with Crippen LogP contribution >= 0.6 is 0 Å². The zero-order valence-electron chi connectivity index (χ0n) is 15.7. The molecule has 148 valence electrons. The van der Waals surface area contributed by atoms with Crippen molar-refractivity contribution in [2.45, 2.75) is 19.9 Å². The lowest BCUT2D eigenvalue weighted by atomic mass is 10.1. The molecular formula is C19H23N5O4. The molecule has 4 N–H and O–H groups in total. The first-order chi connectivity index (χ1) is 13.4. The minimum atomic E-state index is -0.467. The van der Waals surface area contributed by atoms with E-state index in [4.69, 9.17) is 0 Å². The first-order valence-electron chi connectivity index (χ1n) is 8.80. The molecule has 0 radical (unpaired) electrons. The molecule has 0 aliphatic heterocycles. The van der Waals surface area contributed by atoms with E-state index in [1.165, 1.54) is 6.07 Å². The molecule has 0 atom stereocenters. The number of amides is 3. The maximum Gasteiger partial charge on any atom is 0.319 e. The van der Waals surface area contributed by atoms with Crippen LogP contribution in [0, 0.1) is 10.1 Å². The molecule has 0 bridgehead atoms. The first-order valence-corrected chi connectivity index (χ1v) is 8.80. The van der Waals surface area contributed by atoms with Crippen LogP contribution in [-0.4, -0.2) is 36.0 Å². The largest absolute Gasteiger partial charge is 0.378 e. The van der Waals surface area contributed by atoms with Gasteiger partial charge in [0.05, 0.1) is 16.2 Å². The van der Waals surface area contributed by atoms with Crippen LogP contribution in [0.5, 0.6) is 0 Å². The van der Waals surface area contributed by atoms with Crippen molar-refractivity contribution in [2.75, 3.05) is 23.7 Å². The fraction of sp³-hybridized carbons (Fsp3) is 0.263. The minimum absolute atomic E-state index is 0.0282. The summed E-state index contributed by atoms with van der Waals surface area (Å²) in [4.78, 5) is 34.8. The van der Waals surface area contributed by atoms with Crippen molar-refractivity contribution in [2.24, 2.45) is 0 Å². The average Bonchev–Trinajstić information content (AvgIpc) is 2.65. The van der Waals surface area contributed by atoms with Crippen molar-refractivity contribution in [3.8, 4) is 0 Å². The molecule has 0 unspecified atom stereocenters. The van der Waals surface area contributed by atoms with E-state index in [2.05, 4.69) is 21.3 Å². The van der Waals surface area contributed by atoms with Gasteiger partial charge in [-0.15, -0.1) is 0 Å². The SMILES string of the molecule is CC(C)NC(=O)Nc1ccccc1C(=O)NCCNc1ccccc1[N+](=O)[O-]. The van der Waals surface area contributed by atoms with Crippen molar-refractivity contribution in [1.29, 1.82) is 0 Å². The van der Waals surface area contributed by atoms with Gasteiger partial charge in [0.2, 0.25) is 0 Å². The second-order valence-corrected chi connectivity index (χ2v) is 6.26. The molecule has 2 aromatic rings. The van der Waals surface area contributed by atoms with Crippen LogP contribution in [0.25, 0.3) is 0 Å². The molecule has 28 heavy (non-hydrogen) atoms. The molecule has 2 rings (SSSR count). The molecular weight excluding hydrogens is 362 g/mol. The van der Waals surface area contributed by atoms with Crippen LogP contribution < -0.4 is 21.3 Å². The minimum Gasteiger partial charge on any atom is -0.378 e. The number of para-hydroxylation sites is 3. The first kappa shape index (κ1) is 20.7. The number of carbonyl (C=O) groups is 2. The van der Waals surface area contributed by atoms with Crippen LogP contribution in [0.15, 0.2) is 48.5 Å². The van der Waals surface area contributed by atoms with Crippen LogP contribution in [0.2, 0.25) is 0 Å². The molecule has 9 nitrogen and oxygen atoms in total. The fourth-order valence-corrected chi connectivity index (χ4v) is 2.46. The molecule has 0 saturated carbocycles. The number of urea groups is 1. The second kappa shape index (κ2) is 9.91. The summed E-state index contributed by atoms with van der Waals surface area (Å²) in [7, 11) is 0. The predicted molar refractivity (Wildman–Crippen MR) is 108 cm³/mol. The van der Waals surface area contributed by atoms with Crippen molar-refractivity contribution < 1.29 is 14.5 Å². The lowest BCUT2D eigenvalue weighted by Crippen LogP contribution is -2.35. The van der Waals surface area contributed by atoms with Gasteiger partial charge in [0.15, 0.2) is 0 Å². The molecule has 0 spiro atoms. The van der Waals surface area contributed by atoms with Gasteiger partial charge >= 0.3 is 6.03 Å². The Morgan fingerprint density at radius 1 is 1.00 bits per heavy atom. The molecule has 9 heteroatoms. The maximum absolute atomic E-state index is 12.4. The summed E-state index contributed by atoms with van der Waals surface area (Å²) in [5.41, 5.74) is 1.07. The highest BCUT2D eigenvalue weighted by molar-refractivity contribution is 6.03. The lowest BCUT2D eigenvalue weighted by molar-refractivity contribution is -0.384. The van der Waals surface area contributed by atoms with Crippen molar-refractivity contribution in [3.05, 3.63) is 64.2 Å². The van der Waals surface area contributed by atoms with Gasteiger partial charge in [0.1, 0.15) is 5.69 Å². The molecule has 0 aliphatic carbocycles. The summed E-state index contributed by atoms with van der Waals surface area (Å²) >= 11 is 0. The monoisotopic (exact) mass is 385 g/mol. The van der Waals surface area contributed by atoms with Gasteiger partial charge < -0.3 is 21.3 Å². The number of rotatable bonds is 8. The molecule has 3 amide bonds. The number of anilines is 2. The van der Waals surface area contributed by atoms with E-state index >= 15 is 0 Å². The summed E-state index contributed by atoms with van der Waals surface area (Å²) in [6.07, 6.45) is 0. The number of nitro benzene ring substituents is 1.